The van der Waals surface area contributed by atoms with E-state index in [0.717, 1.165) is 24.2 Å². The number of aliphatic hydroxyl groups is 2. The molecule has 5 nitrogen and oxygen atoms in total. The highest BCUT2D eigenvalue weighted by atomic mass is 16.4. The Kier molecular flexibility index (Phi) is 2.80. The number of anilines is 1. The molecule has 0 aliphatic carbocycles. The SMILES string of the molecule is O=C(O)C(O)C(O)c1ccc2c(c1)CCN2. The summed E-state index contributed by atoms with van der Waals surface area (Å²) in [4.78, 5) is 10.5. The lowest BCUT2D eigenvalue weighted by Gasteiger charge is -2.15. The number of rotatable bonds is 3. The van der Waals surface area contributed by atoms with Gasteiger partial charge in [0.25, 0.3) is 0 Å². The van der Waals surface area contributed by atoms with Gasteiger partial charge in [0.05, 0.1) is 0 Å². The first-order chi connectivity index (χ1) is 7.59. The summed E-state index contributed by atoms with van der Waals surface area (Å²) in [6.45, 7) is 0.844. The standard InChI is InChI=1S/C11H13NO4/c13-9(10(14)11(15)16)7-1-2-8-6(5-7)3-4-12-8/h1-2,5,9-10,12-14H,3-4H2,(H,15,16). The second-order valence-corrected chi connectivity index (χ2v) is 3.82. The van der Waals surface area contributed by atoms with Crippen molar-refractivity contribution >= 4 is 11.7 Å². The second-order valence-electron chi connectivity index (χ2n) is 3.82. The van der Waals surface area contributed by atoms with Crippen LogP contribution < -0.4 is 5.32 Å². The maximum Gasteiger partial charge on any atom is 0.335 e. The third-order valence-electron chi connectivity index (χ3n) is 2.73. The van der Waals surface area contributed by atoms with E-state index in [2.05, 4.69) is 5.32 Å². The molecule has 0 amide bonds. The molecule has 4 N–H and O–H groups in total. The molecule has 2 rings (SSSR count). The van der Waals surface area contributed by atoms with Crippen LogP contribution in [0, 0.1) is 0 Å². The van der Waals surface area contributed by atoms with Crippen molar-refractivity contribution in [2.45, 2.75) is 18.6 Å². The minimum absolute atomic E-state index is 0.428. The number of hydrogen-bond acceptors (Lipinski definition) is 4. The van der Waals surface area contributed by atoms with Gasteiger partial charge in [-0.1, -0.05) is 12.1 Å². The van der Waals surface area contributed by atoms with Gasteiger partial charge in [-0.3, -0.25) is 0 Å². The molecule has 0 radical (unpaired) electrons. The fourth-order valence-corrected chi connectivity index (χ4v) is 1.83. The van der Waals surface area contributed by atoms with Gasteiger partial charge in [0.2, 0.25) is 0 Å². The van der Waals surface area contributed by atoms with Gasteiger partial charge in [-0.15, -0.1) is 0 Å². The Morgan fingerprint density at radius 2 is 2.12 bits per heavy atom. The van der Waals surface area contributed by atoms with Crippen LogP contribution in [0.2, 0.25) is 0 Å². The second kappa shape index (κ2) is 4.11. The number of nitrogens with one attached hydrogen (secondary N) is 1. The average molecular weight is 223 g/mol. The lowest BCUT2D eigenvalue weighted by molar-refractivity contribution is -0.153. The van der Waals surface area contributed by atoms with E-state index in [4.69, 9.17) is 5.11 Å². The first-order valence-electron chi connectivity index (χ1n) is 5.05. The molecule has 0 spiro atoms. The van der Waals surface area contributed by atoms with E-state index in [1.54, 1.807) is 18.2 Å². The predicted molar refractivity (Wildman–Crippen MR) is 57.2 cm³/mol. The molecule has 86 valence electrons. The zero-order valence-corrected chi connectivity index (χ0v) is 8.55. The average Bonchev–Trinajstić information content (AvgIpc) is 2.73. The normalized spacial score (nSPS) is 17.4. The molecule has 0 saturated heterocycles. The Hall–Kier alpha value is -1.59. The van der Waals surface area contributed by atoms with E-state index in [1.165, 1.54) is 0 Å². The van der Waals surface area contributed by atoms with Crippen LogP contribution in [0.3, 0.4) is 0 Å². The van der Waals surface area contributed by atoms with Crippen molar-refractivity contribution in [1.82, 2.24) is 0 Å². The van der Waals surface area contributed by atoms with Crippen molar-refractivity contribution in [3.05, 3.63) is 29.3 Å². The van der Waals surface area contributed by atoms with Gasteiger partial charge < -0.3 is 20.6 Å². The number of carboxylic acids is 1. The minimum atomic E-state index is -1.78. The summed E-state index contributed by atoms with van der Waals surface area (Å²) in [5, 5.41) is 30.6. The molecule has 2 unspecified atom stereocenters. The lowest BCUT2D eigenvalue weighted by Crippen LogP contribution is -2.27. The number of fused-ring (bicyclic) bond motifs is 1. The topological polar surface area (TPSA) is 89.8 Å². The molecular formula is C11H13NO4. The van der Waals surface area contributed by atoms with Crippen LogP contribution >= 0.6 is 0 Å². The first kappa shape index (κ1) is 10.9. The number of hydrogen-bond donors (Lipinski definition) is 4. The number of carbonyl (C=O) groups is 1. The Morgan fingerprint density at radius 1 is 1.38 bits per heavy atom. The third-order valence-corrected chi connectivity index (χ3v) is 2.73. The van der Waals surface area contributed by atoms with Crippen molar-refractivity contribution in [3.8, 4) is 0 Å². The molecule has 1 aromatic rings. The Bertz CT molecular complexity index is 418. The van der Waals surface area contributed by atoms with Crippen LogP contribution in [0.5, 0.6) is 0 Å². The molecule has 1 aliphatic rings. The first-order valence-corrected chi connectivity index (χ1v) is 5.05. The zero-order chi connectivity index (χ0) is 11.7. The van der Waals surface area contributed by atoms with E-state index in [-0.39, 0.29) is 0 Å². The highest BCUT2D eigenvalue weighted by molar-refractivity contribution is 5.73. The van der Waals surface area contributed by atoms with E-state index in [9.17, 15) is 15.0 Å². The Morgan fingerprint density at radius 3 is 2.81 bits per heavy atom. The van der Waals surface area contributed by atoms with Gasteiger partial charge in [-0.05, 0) is 23.6 Å². The number of aliphatic hydroxyl groups excluding tert-OH is 2. The van der Waals surface area contributed by atoms with Crippen LogP contribution in [0.25, 0.3) is 0 Å². The van der Waals surface area contributed by atoms with Gasteiger partial charge in [-0.2, -0.15) is 0 Å². The molecule has 1 heterocycles. The van der Waals surface area contributed by atoms with E-state index in [0.29, 0.717) is 5.56 Å². The summed E-state index contributed by atoms with van der Waals surface area (Å²) in [6, 6.07) is 5.13. The molecule has 0 bridgehead atoms. The molecule has 0 aromatic heterocycles. The highest BCUT2D eigenvalue weighted by Gasteiger charge is 2.26. The fraction of sp³-hybridized carbons (Fsp3) is 0.364. The highest BCUT2D eigenvalue weighted by Crippen LogP contribution is 2.27. The Labute approximate surface area is 92.3 Å². The summed E-state index contributed by atoms with van der Waals surface area (Å²) in [7, 11) is 0. The van der Waals surface area contributed by atoms with E-state index >= 15 is 0 Å². The molecular weight excluding hydrogens is 210 g/mol. The maximum absolute atomic E-state index is 10.5. The molecule has 16 heavy (non-hydrogen) atoms. The van der Waals surface area contributed by atoms with Crippen LogP contribution in [-0.2, 0) is 11.2 Å². The van der Waals surface area contributed by atoms with Crippen LogP contribution in [0.1, 0.15) is 17.2 Å². The van der Waals surface area contributed by atoms with E-state index in [1.807, 2.05) is 0 Å². The van der Waals surface area contributed by atoms with Gasteiger partial charge in [0.15, 0.2) is 6.10 Å². The Balaban J connectivity index is 2.24. The monoisotopic (exact) mass is 223 g/mol. The maximum atomic E-state index is 10.5. The molecule has 1 aromatic carbocycles. The number of carboxylic acid groups (broad SMARTS) is 1. The quantitative estimate of drug-likeness (QED) is 0.585. The fourth-order valence-electron chi connectivity index (χ4n) is 1.83. The molecule has 5 heteroatoms. The number of aliphatic carboxylic acids is 1. The smallest absolute Gasteiger partial charge is 0.335 e. The van der Waals surface area contributed by atoms with Gasteiger partial charge in [0, 0.05) is 12.2 Å². The summed E-state index contributed by atoms with van der Waals surface area (Å²) >= 11 is 0. The van der Waals surface area contributed by atoms with Gasteiger partial charge in [-0.25, -0.2) is 4.79 Å². The van der Waals surface area contributed by atoms with Gasteiger partial charge in [0.1, 0.15) is 6.10 Å². The molecule has 0 saturated carbocycles. The van der Waals surface area contributed by atoms with Crippen molar-refractivity contribution in [2.24, 2.45) is 0 Å². The summed E-state index contributed by atoms with van der Waals surface area (Å²) < 4.78 is 0. The van der Waals surface area contributed by atoms with E-state index < -0.39 is 18.2 Å². The van der Waals surface area contributed by atoms with Crippen molar-refractivity contribution in [1.29, 1.82) is 0 Å². The van der Waals surface area contributed by atoms with Crippen molar-refractivity contribution in [2.75, 3.05) is 11.9 Å². The van der Waals surface area contributed by atoms with Gasteiger partial charge >= 0.3 is 5.97 Å². The summed E-state index contributed by atoms with van der Waals surface area (Å²) in [6.07, 6.45) is -2.32. The minimum Gasteiger partial charge on any atom is -0.479 e. The lowest BCUT2D eigenvalue weighted by atomic mass is 10.0. The largest absolute Gasteiger partial charge is 0.479 e. The van der Waals surface area contributed by atoms with Crippen molar-refractivity contribution in [3.63, 3.8) is 0 Å². The van der Waals surface area contributed by atoms with Crippen LogP contribution in [0.15, 0.2) is 18.2 Å². The summed E-state index contributed by atoms with van der Waals surface area (Å²) in [5.74, 6) is -1.42. The molecule has 1 aliphatic heterocycles. The van der Waals surface area contributed by atoms with Crippen molar-refractivity contribution < 1.29 is 20.1 Å². The molecule has 0 fully saturated rings. The van der Waals surface area contributed by atoms with Crippen LogP contribution in [0.4, 0.5) is 5.69 Å². The van der Waals surface area contributed by atoms with Crippen LogP contribution in [-0.4, -0.2) is 33.9 Å². The zero-order valence-electron chi connectivity index (χ0n) is 8.55. The third kappa shape index (κ3) is 1.87. The predicted octanol–water partition coefficient (Wildman–Crippen LogP) is 0.134. The summed E-state index contributed by atoms with van der Waals surface area (Å²) in [5.41, 5.74) is 2.47. The molecule has 2 atom stereocenters. The number of benzene rings is 1.